The summed E-state index contributed by atoms with van der Waals surface area (Å²) in [4.78, 5) is 27.9. The summed E-state index contributed by atoms with van der Waals surface area (Å²) in [5.74, 6) is -0.559. The van der Waals surface area contributed by atoms with Gasteiger partial charge in [-0.2, -0.15) is 0 Å². The third-order valence-electron chi connectivity index (χ3n) is 5.91. The molecule has 3 amide bonds. The Morgan fingerprint density at radius 1 is 0.882 bits per heavy atom. The van der Waals surface area contributed by atoms with Gasteiger partial charge in [0.25, 0.3) is 5.91 Å². The normalized spacial score (nSPS) is 12.9. The number of nitrogens with zero attached hydrogens (tertiary/aromatic N) is 1. The SMILES string of the molecule is CCc1cccc(NC(=O)Nc2ccc(N3CCCC3)c(C(=O)NCc3ccc(F)cc3)c2)c1. The zero-order chi connectivity index (χ0) is 23.9. The van der Waals surface area contributed by atoms with Gasteiger partial charge in [-0.05, 0) is 72.9 Å². The van der Waals surface area contributed by atoms with E-state index in [1.165, 1.54) is 12.1 Å². The molecule has 1 aliphatic heterocycles. The number of hydrogen-bond donors (Lipinski definition) is 3. The first-order valence-corrected chi connectivity index (χ1v) is 11.6. The average Bonchev–Trinajstić information content (AvgIpc) is 3.38. The van der Waals surface area contributed by atoms with Crippen LogP contribution in [0, 0.1) is 5.82 Å². The van der Waals surface area contributed by atoms with E-state index in [1.807, 2.05) is 36.4 Å². The highest BCUT2D eigenvalue weighted by molar-refractivity contribution is 6.04. The maximum atomic E-state index is 13.2. The van der Waals surface area contributed by atoms with Crippen molar-refractivity contribution in [2.45, 2.75) is 32.7 Å². The van der Waals surface area contributed by atoms with Gasteiger partial charge in [0.05, 0.1) is 5.56 Å². The van der Waals surface area contributed by atoms with Gasteiger partial charge in [-0.25, -0.2) is 9.18 Å². The Kier molecular flexibility index (Phi) is 7.42. The fraction of sp³-hybridized carbons (Fsp3) is 0.259. The molecule has 3 N–H and O–H groups in total. The van der Waals surface area contributed by atoms with Crippen LogP contribution in [0.3, 0.4) is 0 Å². The van der Waals surface area contributed by atoms with Crippen LogP contribution in [0.5, 0.6) is 0 Å². The Hall–Kier alpha value is -3.87. The van der Waals surface area contributed by atoms with Crippen LogP contribution >= 0.6 is 0 Å². The number of anilines is 3. The monoisotopic (exact) mass is 460 g/mol. The highest BCUT2D eigenvalue weighted by Gasteiger charge is 2.20. The Morgan fingerprint density at radius 3 is 2.29 bits per heavy atom. The van der Waals surface area contributed by atoms with Gasteiger partial charge in [-0.1, -0.05) is 31.2 Å². The molecule has 0 unspecified atom stereocenters. The second kappa shape index (κ2) is 10.8. The number of carbonyl (C=O) groups excluding carboxylic acids is 2. The van der Waals surface area contributed by atoms with E-state index in [-0.39, 0.29) is 24.3 Å². The topological polar surface area (TPSA) is 73.5 Å². The molecule has 1 aliphatic rings. The van der Waals surface area contributed by atoms with Crippen molar-refractivity contribution < 1.29 is 14.0 Å². The summed E-state index contributed by atoms with van der Waals surface area (Å²) in [5.41, 5.74) is 4.51. The fourth-order valence-electron chi connectivity index (χ4n) is 4.07. The van der Waals surface area contributed by atoms with Crippen molar-refractivity contribution in [2.75, 3.05) is 28.6 Å². The highest BCUT2D eigenvalue weighted by Crippen LogP contribution is 2.28. The summed E-state index contributed by atoms with van der Waals surface area (Å²) in [6.07, 6.45) is 3.04. The van der Waals surface area contributed by atoms with E-state index in [0.717, 1.165) is 49.2 Å². The largest absolute Gasteiger partial charge is 0.371 e. The van der Waals surface area contributed by atoms with E-state index >= 15 is 0 Å². The number of hydrogen-bond acceptors (Lipinski definition) is 3. The zero-order valence-corrected chi connectivity index (χ0v) is 19.2. The molecule has 0 radical (unpaired) electrons. The van der Waals surface area contributed by atoms with Crippen LogP contribution in [0.25, 0.3) is 0 Å². The third kappa shape index (κ3) is 5.92. The molecular weight excluding hydrogens is 431 g/mol. The number of amides is 3. The summed E-state index contributed by atoms with van der Waals surface area (Å²) in [6.45, 7) is 4.12. The van der Waals surface area contributed by atoms with Gasteiger partial charge in [0, 0.05) is 36.7 Å². The molecule has 1 saturated heterocycles. The van der Waals surface area contributed by atoms with E-state index in [9.17, 15) is 14.0 Å². The van der Waals surface area contributed by atoms with Gasteiger partial charge >= 0.3 is 6.03 Å². The average molecular weight is 461 g/mol. The van der Waals surface area contributed by atoms with Crippen LogP contribution in [0.4, 0.5) is 26.2 Å². The number of benzene rings is 3. The Labute approximate surface area is 199 Å². The molecule has 0 saturated carbocycles. The van der Waals surface area contributed by atoms with E-state index < -0.39 is 0 Å². The molecule has 0 aromatic heterocycles. The second-order valence-corrected chi connectivity index (χ2v) is 8.37. The van der Waals surface area contributed by atoms with Crippen LogP contribution < -0.4 is 20.9 Å². The standard InChI is InChI=1S/C27H29FN4O2/c1-2-19-6-5-7-22(16-19)30-27(34)31-23-12-13-25(32-14-3-4-15-32)24(17-23)26(33)29-18-20-8-10-21(28)11-9-20/h5-13,16-17H,2-4,14-15,18H2,1H3,(H,29,33)(H2,30,31,34). The predicted octanol–water partition coefficient (Wildman–Crippen LogP) is 5.56. The van der Waals surface area contributed by atoms with Crippen molar-refractivity contribution in [3.63, 3.8) is 0 Å². The molecule has 7 heteroatoms. The third-order valence-corrected chi connectivity index (χ3v) is 5.91. The molecule has 0 bridgehead atoms. The van der Waals surface area contributed by atoms with Crippen molar-refractivity contribution >= 4 is 29.0 Å². The smallest absolute Gasteiger partial charge is 0.323 e. The number of halogens is 1. The maximum absolute atomic E-state index is 13.2. The number of rotatable bonds is 7. The lowest BCUT2D eigenvalue weighted by atomic mass is 10.1. The number of carbonyl (C=O) groups is 2. The first-order chi connectivity index (χ1) is 16.5. The van der Waals surface area contributed by atoms with Crippen LogP contribution in [0.2, 0.25) is 0 Å². The number of nitrogens with one attached hydrogen (secondary N) is 3. The van der Waals surface area contributed by atoms with Gasteiger partial charge in [0.15, 0.2) is 0 Å². The van der Waals surface area contributed by atoms with Crippen molar-refractivity contribution in [3.05, 3.63) is 89.2 Å². The van der Waals surface area contributed by atoms with Crippen molar-refractivity contribution in [1.29, 1.82) is 0 Å². The Morgan fingerprint density at radius 2 is 1.59 bits per heavy atom. The summed E-state index contributed by atoms with van der Waals surface area (Å²) < 4.78 is 13.2. The van der Waals surface area contributed by atoms with Gasteiger partial charge in [0.2, 0.25) is 0 Å². The molecule has 3 aromatic carbocycles. The first kappa shape index (κ1) is 23.3. The molecule has 1 heterocycles. The van der Waals surface area contributed by atoms with Crippen LogP contribution in [0.15, 0.2) is 66.7 Å². The molecule has 3 aromatic rings. The molecular formula is C27H29FN4O2. The Balaban J connectivity index is 1.49. The molecule has 6 nitrogen and oxygen atoms in total. The molecule has 34 heavy (non-hydrogen) atoms. The van der Waals surface area contributed by atoms with E-state index in [1.54, 1.807) is 18.2 Å². The minimum atomic E-state index is -0.375. The summed E-state index contributed by atoms with van der Waals surface area (Å²) in [5, 5.41) is 8.59. The minimum Gasteiger partial charge on any atom is -0.371 e. The van der Waals surface area contributed by atoms with E-state index in [4.69, 9.17) is 0 Å². The van der Waals surface area contributed by atoms with Gasteiger partial charge in [-0.3, -0.25) is 4.79 Å². The maximum Gasteiger partial charge on any atom is 0.323 e. The molecule has 0 atom stereocenters. The van der Waals surface area contributed by atoms with Crippen molar-refractivity contribution in [1.82, 2.24) is 5.32 Å². The van der Waals surface area contributed by atoms with Crippen LogP contribution in [-0.2, 0) is 13.0 Å². The molecule has 0 aliphatic carbocycles. The zero-order valence-electron chi connectivity index (χ0n) is 19.2. The van der Waals surface area contributed by atoms with Gasteiger partial charge in [-0.15, -0.1) is 0 Å². The van der Waals surface area contributed by atoms with E-state index in [2.05, 4.69) is 27.8 Å². The van der Waals surface area contributed by atoms with Gasteiger partial charge in [0.1, 0.15) is 5.82 Å². The van der Waals surface area contributed by atoms with Gasteiger partial charge < -0.3 is 20.9 Å². The highest BCUT2D eigenvalue weighted by atomic mass is 19.1. The van der Waals surface area contributed by atoms with Crippen LogP contribution in [-0.4, -0.2) is 25.0 Å². The summed E-state index contributed by atoms with van der Waals surface area (Å²) in [7, 11) is 0. The lowest BCUT2D eigenvalue weighted by Crippen LogP contribution is -2.27. The lowest BCUT2D eigenvalue weighted by Gasteiger charge is -2.22. The molecule has 4 rings (SSSR count). The van der Waals surface area contributed by atoms with E-state index in [0.29, 0.717) is 16.9 Å². The molecule has 0 spiro atoms. The first-order valence-electron chi connectivity index (χ1n) is 11.6. The molecule has 1 fully saturated rings. The number of urea groups is 1. The minimum absolute atomic E-state index is 0.245. The quantitative estimate of drug-likeness (QED) is 0.432. The lowest BCUT2D eigenvalue weighted by molar-refractivity contribution is 0.0951. The van der Waals surface area contributed by atoms with Crippen molar-refractivity contribution in [2.24, 2.45) is 0 Å². The molecule has 176 valence electrons. The number of aryl methyl sites for hydroxylation is 1. The Bertz CT molecular complexity index is 1160. The summed E-state index contributed by atoms with van der Waals surface area (Å²) in [6, 6.07) is 18.7. The predicted molar refractivity (Wildman–Crippen MR) is 134 cm³/mol. The van der Waals surface area contributed by atoms with Crippen LogP contribution in [0.1, 0.15) is 41.3 Å². The van der Waals surface area contributed by atoms with Crippen molar-refractivity contribution in [3.8, 4) is 0 Å². The second-order valence-electron chi connectivity index (χ2n) is 8.37. The fourth-order valence-corrected chi connectivity index (χ4v) is 4.07. The summed E-state index contributed by atoms with van der Waals surface area (Å²) >= 11 is 0.